The molecule has 1 unspecified atom stereocenters. The van der Waals surface area contributed by atoms with E-state index in [2.05, 4.69) is 27.8 Å². The lowest BCUT2D eigenvalue weighted by molar-refractivity contribution is -0.138. The molecule has 0 spiro atoms. The fourth-order valence-corrected chi connectivity index (χ4v) is 2.42. The molecule has 0 saturated heterocycles. The molecule has 5 heteroatoms. The van der Waals surface area contributed by atoms with Crippen molar-refractivity contribution in [1.82, 2.24) is 5.32 Å². The monoisotopic (exact) mass is 349 g/mol. The first kappa shape index (κ1) is 17.2. The molecule has 0 amide bonds. The number of hydrogen-bond donors (Lipinski definition) is 1. The van der Waals surface area contributed by atoms with Gasteiger partial charge in [-0.2, -0.15) is 13.2 Å². The quantitative estimate of drug-likeness (QED) is 0.671. The summed E-state index contributed by atoms with van der Waals surface area (Å²) in [6, 6.07) is 4.24. The zero-order chi connectivity index (χ0) is 15.3. The summed E-state index contributed by atoms with van der Waals surface area (Å²) in [5.41, 5.74) is 0.937. The van der Waals surface area contributed by atoms with Crippen molar-refractivity contribution in [2.45, 2.75) is 38.9 Å². The van der Waals surface area contributed by atoms with Gasteiger partial charge in [-0.1, -0.05) is 34.5 Å². The topological polar surface area (TPSA) is 12.0 Å². The van der Waals surface area contributed by atoms with Gasteiger partial charge in [0.25, 0.3) is 0 Å². The number of nitrogens with one attached hydrogen (secondary N) is 1. The second-order valence-corrected chi connectivity index (χ2v) is 5.76. The summed E-state index contributed by atoms with van der Waals surface area (Å²) in [4.78, 5) is 0. The molecule has 0 heterocycles. The Morgan fingerprint density at radius 2 is 2.05 bits per heavy atom. The van der Waals surface area contributed by atoms with Crippen molar-refractivity contribution in [3.05, 3.63) is 46.0 Å². The maximum Gasteiger partial charge on any atom is 0.417 e. The highest BCUT2D eigenvalue weighted by atomic mass is 79.9. The van der Waals surface area contributed by atoms with E-state index in [0.717, 1.165) is 18.5 Å². The predicted molar refractivity (Wildman–Crippen MR) is 79.6 cm³/mol. The van der Waals surface area contributed by atoms with Crippen LogP contribution in [0.5, 0.6) is 0 Å². The molecule has 0 aliphatic carbocycles. The predicted octanol–water partition coefficient (Wildman–Crippen LogP) is 5.47. The number of alkyl halides is 3. The third-order valence-corrected chi connectivity index (χ3v) is 3.58. The standard InChI is InChI=1S/C15H19BrF3N/c1-4-7-20-14(8-10(2)3)11-5-6-13(16)12(9-11)15(17,18)19/h5-6,9,14,20H,2,4,7-8H2,1,3H3. The van der Waals surface area contributed by atoms with Crippen molar-refractivity contribution in [2.75, 3.05) is 6.54 Å². The Bertz CT molecular complexity index is 469. The average molecular weight is 350 g/mol. The minimum atomic E-state index is -4.35. The molecular weight excluding hydrogens is 331 g/mol. The summed E-state index contributed by atoms with van der Waals surface area (Å²) in [5, 5.41) is 3.27. The summed E-state index contributed by atoms with van der Waals surface area (Å²) in [7, 11) is 0. The molecule has 0 aliphatic heterocycles. The number of halogens is 4. The van der Waals surface area contributed by atoms with Gasteiger partial charge >= 0.3 is 6.18 Å². The van der Waals surface area contributed by atoms with Crippen LogP contribution >= 0.6 is 15.9 Å². The third kappa shape index (κ3) is 4.94. The van der Waals surface area contributed by atoms with Gasteiger partial charge < -0.3 is 5.32 Å². The Morgan fingerprint density at radius 3 is 2.55 bits per heavy atom. The van der Waals surface area contributed by atoms with E-state index in [0.29, 0.717) is 12.0 Å². The molecule has 0 aliphatic rings. The molecule has 1 nitrogen and oxygen atoms in total. The molecule has 1 N–H and O–H groups in total. The normalized spacial score (nSPS) is 13.3. The van der Waals surface area contributed by atoms with Gasteiger partial charge in [0, 0.05) is 10.5 Å². The van der Waals surface area contributed by atoms with Crippen LogP contribution in [0.25, 0.3) is 0 Å². The van der Waals surface area contributed by atoms with Crippen LogP contribution in [0.2, 0.25) is 0 Å². The first-order chi connectivity index (χ1) is 9.25. The van der Waals surface area contributed by atoms with Crippen LogP contribution in [-0.2, 0) is 6.18 Å². The zero-order valence-electron chi connectivity index (χ0n) is 11.6. The van der Waals surface area contributed by atoms with E-state index in [4.69, 9.17) is 0 Å². The van der Waals surface area contributed by atoms with Crippen LogP contribution in [-0.4, -0.2) is 6.54 Å². The summed E-state index contributed by atoms with van der Waals surface area (Å²) in [5.74, 6) is 0. The molecule has 1 rings (SSSR count). The highest BCUT2D eigenvalue weighted by molar-refractivity contribution is 9.10. The molecule has 1 aromatic carbocycles. The van der Waals surface area contributed by atoms with Crippen molar-refractivity contribution < 1.29 is 13.2 Å². The first-order valence-electron chi connectivity index (χ1n) is 6.50. The maximum absolute atomic E-state index is 12.9. The Morgan fingerprint density at radius 1 is 1.40 bits per heavy atom. The highest BCUT2D eigenvalue weighted by Gasteiger charge is 2.33. The fourth-order valence-electron chi connectivity index (χ4n) is 1.95. The van der Waals surface area contributed by atoms with Gasteiger partial charge in [-0.15, -0.1) is 6.58 Å². The minimum Gasteiger partial charge on any atom is -0.310 e. The summed E-state index contributed by atoms with van der Waals surface area (Å²) in [6.07, 6.45) is -2.80. The molecule has 0 aromatic heterocycles. The summed E-state index contributed by atoms with van der Waals surface area (Å²) in [6.45, 7) is 8.51. The molecule has 20 heavy (non-hydrogen) atoms. The van der Waals surface area contributed by atoms with E-state index in [1.54, 1.807) is 6.07 Å². The molecular formula is C15H19BrF3N. The van der Waals surface area contributed by atoms with Crippen LogP contribution in [0.3, 0.4) is 0 Å². The fraction of sp³-hybridized carbons (Fsp3) is 0.467. The van der Waals surface area contributed by atoms with E-state index < -0.39 is 11.7 Å². The Balaban J connectivity index is 3.10. The van der Waals surface area contributed by atoms with Gasteiger partial charge in [0.2, 0.25) is 0 Å². The number of benzene rings is 1. The van der Waals surface area contributed by atoms with Crippen molar-refractivity contribution in [1.29, 1.82) is 0 Å². The third-order valence-electron chi connectivity index (χ3n) is 2.89. The van der Waals surface area contributed by atoms with Gasteiger partial charge in [-0.25, -0.2) is 0 Å². The van der Waals surface area contributed by atoms with Crippen LogP contribution in [0.4, 0.5) is 13.2 Å². The van der Waals surface area contributed by atoms with Crippen LogP contribution in [0.1, 0.15) is 43.9 Å². The van der Waals surface area contributed by atoms with Crippen molar-refractivity contribution in [3.63, 3.8) is 0 Å². The van der Waals surface area contributed by atoms with Crippen LogP contribution < -0.4 is 5.32 Å². The van der Waals surface area contributed by atoms with Gasteiger partial charge in [-0.3, -0.25) is 0 Å². The Kier molecular flexibility index (Phi) is 6.27. The maximum atomic E-state index is 12.9. The van der Waals surface area contributed by atoms with Gasteiger partial charge in [-0.05, 0) is 44.0 Å². The van der Waals surface area contributed by atoms with E-state index >= 15 is 0 Å². The van der Waals surface area contributed by atoms with E-state index in [9.17, 15) is 13.2 Å². The summed E-state index contributed by atoms with van der Waals surface area (Å²) >= 11 is 2.96. The Hall–Kier alpha value is -0.810. The number of rotatable bonds is 6. The second-order valence-electron chi connectivity index (χ2n) is 4.90. The summed E-state index contributed by atoms with van der Waals surface area (Å²) < 4.78 is 38.9. The molecule has 1 atom stereocenters. The molecule has 0 radical (unpaired) electrons. The van der Waals surface area contributed by atoms with Crippen LogP contribution in [0, 0.1) is 0 Å². The molecule has 1 aromatic rings. The van der Waals surface area contributed by atoms with E-state index in [1.165, 1.54) is 12.1 Å². The van der Waals surface area contributed by atoms with Gasteiger partial charge in [0.1, 0.15) is 0 Å². The average Bonchev–Trinajstić information content (AvgIpc) is 2.33. The van der Waals surface area contributed by atoms with Crippen molar-refractivity contribution in [2.24, 2.45) is 0 Å². The smallest absolute Gasteiger partial charge is 0.310 e. The molecule has 0 fully saturated rings. The molecule has 112 valence electrons. The molecule has 0 saturated carbocycles. The largest absolute Gasteiger partial charge is 0.417 e. The first-order valence-corrected chi connectivity index (χ1v) is 7.29. The number of hydrogen-bond acceptors (Lipinski definition) is 1. The lowest BCUT2D eigenvalue weighted by atomic mass is 9.98. The molecule has 0 bridgehead atoms. The highest BCUT2D eigenvalue weighted by Crippen LogP contribution is 2.36. The van der Waals surface area contributed by atoms with Crippen molar-refractivity contribution in [3.8, 4) is 0 Å². The zero-order valence-corrected chi connectivity index (χ0v) is 13.2. The van der Waals surface area contributed by atoms with Gasteiger partial charge in [0.15, 0.2) is 0 Å². The van der Waals surface area contributed by atoms with E-state index in [-0.39, 0.29) is 10.5 Å². The van der Waals surface area contributed by atoms with E-state index in [1.807, 2.05) is 13.8 Å². The SMILES string of the molecule is C=C(C)CC(NCCC)c1ccc(Br)c(C(F)(F)F)c1. The lowest BCUT2D eigenvalue weighted by Crippen LogP contribution is -2.23. The van der Waals surface area contributed by atoms with Crippen molar-refractivity contribution >= 4 is 15.9 Å². The second kappa shape index (κ2) is 7.27. The van der Waals surface area contributed by atoms with Crippen LogP contribution in [0.15, 0.2) is 34.8 Å². The Labute approximate surface area is 126 Å². The van der Waals surface area contributed by atoms with Gasteiger partial charge in [0.05, 0.1) is 5.56 Å². The minimum absolute atomic E-state index is 0.0679. The lowest BCUT2D eigenvalue weighted by Gasteiger charge is -2.21.